The quantitative estimate of drug-likeness (QED) is 0.820. The molecule has 0 saturated heterocycles. The SMILES string of the molecule is Cc1c(Cl)cccc1NC(=O)C(C)Oc1ccc(C(C)C)cc1. The van der Waals surface area contributed by atoms with Gasteiger partial charge in [0.2, 0.25) is 0 Å². The molecule has 2 aromatic rings. The molecule has 0 saturated carbocycles. The summed E-state index contributed by atoms with van der Waals surface area (Å²) in [5, 5.41) is 3.48. The van der Waals surface area contributed by atoms with Gasteiger partial charge in [0.05, 0.1) is 0 Å². The Labute approximate surface area is 142 Å². The number of hydrogen-bond acceptors (Lipinski definition) is 2. The fourth-order valence-corrected chi connectivity index (χ4v) is 2.34. The molecule has 2 rings (SSSR count). The molecule has 2 aromatic carbocycles. The van der Waals surface area contributed by atoms with Crippen LogP contribution in [0.4, 0.5) is 5.69 Å². The van der Waals surface area contributed by atoms with Crippen molar-refractivity contribution in [3.8, 4) is 5.75 Å². The van der Waals surface area contributed by atoms with Gasteiger partial charge >= 0.3 is 0 Å². The number of carbonyl (C=O) groups is 1. The van der Waals surface area contributed by atoms with Gasteiger partial charge in [-0.3, -0.25) is 4.79 Å². The standard InChI is InChI=1S/C19H22ClNO2/c1-12(2)15-8-10-16(11-9-15)23-14(4)19(22)21-18-7-5-6-17(20)13(18)3/h5-12,14H,1-4H3,(H,21,22). The molecular formula is C19H22ClNO2. The summed E-state index contributed by atoms with van der Waals surface area (Å²) in [6.45, 7) is 7.87. The van der Waals surface area contributed by atoms with Crippen LogP contribution in [0.2, 0.25) is 5.02 Å². The third kappa shape index (κ3) is 4.49. The minimum Gasteiger partial charge on any atom is -0.481 e. The van der Waals surface area contributed by atoms with Gasteiger partial charge in [0.1, 0.15) is 5.75 Å². The van der Waals surface area contributed by atoms with Gasteiger partial charge in [-0.25, -0.2) is 0 Å². The van der Waals surface area contributed by atoms with Gasteiger partial charge in [-0.2, -0.15) is 0 Å². The number of carbonyl (C=O) groups excluding carboxylic acids is 1. The molecule has 1 atom stereocenters. The molecule has 0 bridgehead atoms. The Bertz CT molecular complexity index is 680. The van der Waals surface area contributed by atoms with Crippen LogP contribution in [0.5, 0.6) is 5.75 Å². The molecule has 23 heavy (non-hydrogen) atoms. The average Bonchev–Trinajstić information content (AvgIpc) is 2.52. The maximum absolute atomic E-state index is 12.3. The average molecular weight is 332 g/mol. The molecule has 1 unspecified atom stereocenters. The van der Waals surface area contributed by atoms with Crippen LogP contribution in [0.25, 0.3) is 0 Å². The van der Waals surface area contributed by atoms with Gasteiger partial charge in [0.25, 0.3) is 5.91 Å². The largest absolute Gasteiger partial charge is 0.481 e. The van der Waals surface area contributed by atoms with Crippen molar-refractivity contribution < 1.29 is 9.53 Å². The second-order valence-electron chi connectivity index (χ2n) is 5.89. The van der Waals surface area contributed by atoms with Crippen molar-refractivity contribution in [2.75, 3.05) is 5.32 Å². The zero-order chi connectivity index (χ0) is 17.0. The maximum Gasteiger partial charge on any atom is 0.265 e. The van der Waals surface area contributed by atoms with E-state index in [0.717, 1.165) is 5.56 Å². The first-order valence-electron chi connectivity index (χ1n) is 7.71. The molecule has 0 aliphatic carbocycles. The second kappa shape index (κ2) is 7.51. The Morgan fingerprint density at radius 3 is 2.35 bits per heavy atom. The summed E-state index contributed by atoms with van der Waals surface area (Å²) < 4.78 is 5.71. The van der Waals surface area contributed by atoms with E-state index < -0.39 is 6.10 Å². The minimum absolute atomic E-state index is 0.205. The molecule has 0 heterocycles. The summed E-state index contributed by atoms with van der Waals surface area (Å²) in [5.41, 5.74) is 2.79. The minimum atomic E-state index is -0.599. The number of ether oxygens (including phenoxy) is 1. The Kier molecular flexibility index (Phi) is 5.67. The van der Waals surface area contributed by atoms with E-state index in [9.17, 15) is 4.79 Å². The molecule has 0 aliphatic heterocycles. The van der Waals surface area contributed by atoms with Crippen LogP contribution in [0, 0.1) is 6.92 Å². The fraction of sp³-hybridized carbons (Fsp3) is 0.316. The third-order valence-electron chi connectivity index (χ3n) is 3.75. The number of halogens is 1. The number of rotatable bonds is 5. The predicted octanol–water partition coefficient (Wildman–Crippen LogP) is 5.18. The van der Waals surface area contributed by atoms with Gasteiger partial charge in [0, 0.05) is 10.7 Å². The lowest BCUT2D eigenvalue weighted by atomic mass is 10.0. The van der Waals surface area contributed by atoms with Crippen LogP contribution in [-0.2, 0) is 4.79 Å². The van der Waals surface area contributed by atoms with Crippen molar-refractivity contribution in [1.29, 1.82) is 0 Å². The molecule has 1 amide bonds. The highest BCUT2D eigenvalue weighted by Gasteiger charge is 2.16. The Hall–Kier alpha value is -2.00. The van der Waals surface area contributed by atoms with Crippen LogP contribution in [0.1, 0.15) is 37.8 Å². The lowest BCUT2D eigenvalue weighted by molar-refractivity contribution is -0.122. The first kappa shape index (κ1) is 17.4. The zero-order valence-electron chi connectivity index (χ0n) is 13.9. The maximum atomic E-state index is 12.3. The van der Waals surface area contributed by atoms with Crippen LogP contribution < -0.4 is 10.1 Å². The van der Waals surface area contributed by atoms with E-state index in [1.165, 1.54) is 5.56 Å². The van der Waals surface area contributed by atoms with Crippen LogP contribution in [-0.4, -0.2) is 12.0 Å². The van der Waals surface area contributed by atoms with Gasteiger partial charge in [-0.1, -0.05) is 43.6 Å². The van der Waals surface area contributed by atoms with Crippen LogP contribution in [0.3, 0.4) is 0 Å². The van der Waals surface area contributed by atoms with Gasteiger partial charge in [0.15, 0.2) is 6.10 Å². The molecule has 0 aliphatic rings. The van der Waals surface area contributed by atoms with E-state index >= 15 is 0 Å². The van der Waals surface area contributed by atoms with Crippen molar-refractivity contribution in [1.82, 2.24) is 0 Å². The molecule has 122 valence electrons. The number of benzene rings is 2. The first-order chi connectivity index (χ1) is 10.9. The molecule has 0 fully saturated rings. The monoisotopic (exact) mass is 331 g/mol. The number of nitrogens with one attached hydrogen (secondary N) is 1. The Balaban J connectivity index is 2.01. The van der Waals surface area contributed by atoms with Crippen molar-refractivity contribution in [3.05, 3.63) is 58.6 Å². The highest BCUT2D eigenvalue weighted by atomic mass is 35.5. The van der Waals surface area contributed by atoms with Gasteiger partial charge in [-0.15, -0.1) is 0 Å². The molecule has 4 heteroatoms. The van der Waals surface area contributed by atoms with Gasteiger partial charge in [-0.05, 0) is 55.2 Å². The molecule has 3 nitrogen and oxygen atoms in total. The third-order valence-corrected chi connectivity index (χ3v) is 4.16. The lowest BCUT2D eigenvalue weighted by Gasteiger charge is -2.16. The van der Waals surface area contributed by atoms with Crippen molar-refractivity contribution in [2.45, 2.75) is 39.7 Å². The van der Waals surface area contributed by atoms with Crippen molar-refractivity contribution >= 4 is 23.2 Å². The normalized spacial score (nSPS) is 12.1. The molecule has 0 radical (unpaired) electrons. The van der Waals surface area contributed by atoms with E-state index in [-0.39, 0.29) is 5.91 Å². The summed E-state index contributed by atoms with van der Waals surface area (Å²) in [7, 11) is 0. The van der Waals surface area contributed by atoms with Crippen LogP contribution >= 0.6 is 11.6 Å². The summed E-state index contributed by atoms with van der Waals surface area (Å²) in [4.78, 5) is 12.3. The van der Waals surface area contributed by atoms with Crippen molar-refractivity contribution in [3.63, 3.8) is 0 Å². The highest BCUT2D eigenvalue weighted by molar-refractivity contribution is 6.31. The number of anilines is 1. The number of hydrogen-bond donors (Lipinski definition) is 1. The summed E-state index contributed by atoms with van der Waals surface area (Å²) in [6.07, 6.45) is -0.599. The summed E-state index contributed by atoms with van der Waals surface area (Å²) >= 11 is 6.06. The first-order valence-corrected chi connectivity index (χ1v) is 8.09. The zero-order valence-corrected chi connectivity index (χ0v) is 14.6. The number of amides is 1. The lowest BCUT2D eigenvalue weighted by Crippen LogP contribution is -2.30. The van der Waals surface area contributed by atoms with E-state index in [1.54, 1.807) is 19.1 Å². The van der Waals surface area contributed by atoms with E-state index in [4.69, 9.17) is 16.3 Å². The smallest absolute Gasteiger partial charge is 0.265 e. The topological polar surface area (TPSA) is 38.3 Å². The van der Waals surface area contributed by atoms with Crippen LogP contribution in [0.15, 0.2) is 42.5 Å². The second-order valence-corrected chi connectivity index (χ2v) is 6.29. The fourth-order valence-electron chi connectivity index (χ4n) is 2.17. The predicted molar refractivity (Wildman–Crippen MR) is 95.4 cm³/mol. The summed E-state index contributed by atoms with van der Waals surface area (Å²) in [5.74, 6) is 0.943. The van der Waals surface area contributed by atoms with E-state index in [0.29, 0.717) is 22.4 Å². The Morgan fingerprint density at radius 2 is 1.74 bits per heavy atom. The molecular weight excluding hydrogens is 310 g/mol. The Morgan fingerprint density at radius 1 is 1.09 bits per heavy atom. The molecule has 0 aromatic heterocycles. The van der Waals surface area contributed by atoms with Crippen molar-refractivity contribution in [2.24, 2.45) is 0 Å². The summed E-state index contributed by atoms with van der Waals surface area (Å²) in [6, 6.07) is 13.2. The molecule has 1 N–H and O–H groups in total. The molecule has 0 spiro atoms. The van der Waals surface area contributed by atoms with E-state index in [2.05, 4.69) is 19.2 Å². The van der Waals surface area contributed by atoms with Gasteiger partial charge < -0.3 is 10.1 Å². The van der Waals surface area contributed by atoms with E-state index in [1.807, 2.05) is 37.3 Å². The highest BCUT2D eigenvalue weighted by Crippen LogP contribution is 2.24.